The molecule has 0 fully saturated rings. The van der Waals surface area contributed by atoms with Crippen molar-refractivity contribution >= 4 is 38.9 Å². The maximum atomic E-state index is 12.8. The fourth-order valence-electron chi connectivity index (χ4n) is 2.57. The number of ether oxygens (including phenoxy) is 1. The molecule has 26 heavy (non-hydrogen) atoms. The molecule has 0 aliphatic heterocycles. The van der Waals surface area contributed by atoms with E-state index >= 15 is 0 Å². The first kappa shape index (κ1) is 20.1. The van der Waals surface area contributed by atoms with Crippen LogP contribution in [0.3, 0.4) is 0 Å². The Kier molecular flexibility index (Phi) is 6.50. The number of rotatable bonds is 7. The minimum Gasteiger partial charge on any atom is -0.497 e. The Bertz CT molecular complexity index is 869. The van der Waals surface area contributed by atoms with Crippen molar-refractivity contribution in [3.05, 3.63) is 53.6 Å². The number of methoxy groups -OCH3 is 1. The molecule has 1 N–H and O–H groups in total. The largest absolute Gasteiger partial charge is 0.497 e. The average molecular weight is 397 g/mol. The van der Waals surface area contributed by atoms with Crippen LogP contribution in [0.2, 0.25) is 5.02 Å². The summed E-state index contributed by atoms with van der Waals surface area (Å²) < 4.78 is 31.0. The van der Waals surface area contributed by atoms with Gasteiger partial charge in [0.25, 0.3) is 0 Å². The van der Waals surface area contributed by atoms with Gasteiger partial charge in [0.2, 0.25) is 15.9 Å². The summed E-state index contributed by atoms with van der Waals surface area (Å²) in [4.78, 5) is 12.8. The molecular weight excluding hydrogens is 376 g/mol. The minimum atomic E-state index is -3.69. The maximum Gasteiger partial charge on any atom is 0.248 e. The van der Waals surface area contributed by atoms with Gasteiger partial charge >= 0.3 is 0 Å². The van der Waals surface area contributed by atoms with Gasteiger partial charge in [-0.15, -0.1) is 0 Å². The van der Waals surface area contributed by atoms with Gasteiger partial charge in [-0.05, 0) is 42.8 Å². The van der Waals surface area contributed by atoms with Gasteiger partial charge in [-0.25, -0.2) is 8.42 Å². The van der Waals surface area contributed by atoms with Gasteiger partial charge in [0.1, 0.15) is 11.8 Å². The zero-order chi connectivity index (χ0) is 19.3. The quantitative estimate of drug-likeness (QED) is 0.776. The summed E-state index contributed by atoms with van der Waals surface area (Å²) in [6.45, 7) is 1.75. The van der Waals surface area contributed by atoms with E-state index in [0.29, 0.717) is 28.6 Å². The molecule has 0 aliphatic carbocycles. The van der Waals surface area contributed by atoms with Crippen LogP contribution in [0.15, 0.2) is 48.5 Å². The number of anilines is 2. The van der Waals surface area contributed by atoms with Gasteiger partial charge in [0, 0.05) is 16.8 Å². The topological polar surface area (TPSA) is 75.7 Å². The van der Waals surface area contributed by atoms with E-state index in [2.05, 4.69) is 5.32 Å². The smallest absolute Gasteiger partial charge is 0.248 e. The molecule has 1 unspecified atom stereocenters. The van der Waals surface area contributed by atoms with Crippen LogP contribution >= 0.6 is 11.6 Å². The minimum absolute atomic E-state index is 0.297. The van der Waals surface area contributed by atoms with Crippen LogP contribution < -0.4 is 14.4 Å². The summed E-state index contributed by atoms with van der Waals surface area (Å²) >= 11 is 5.88. The molecule has 0 heterocycles. The molecule has 0 bridgehead atoms. The highest BCUT2D eigenvalue weighted by Gasteiger charge is 2.31. The van der Waals surface area contributed by atoms with E-state index in [0.717, 1.165) is 10.6 Å². The maximum absolute atomic E-state index is 12.8. The number of hydrogen-bond acceptors (Lipinski definition) is 4. The van der Waals surface area contributed by atoms with E-state index < -0.39 is 22.0 Å². The van der Waals surface area contributed by atoms with E-state index in [9.17, 15) is 13.2 Å². The SMILES string of the molecule is CCC(C(=O)Nc1cccc(OC)c1)N(c1ccc(Cl)cc1)S(C)(=O)=O. The van der Waals surface area contributed by atoms with Crippen LogP contribution in [0.25, 0.3) is 0 Å². The third kappa shape index (κ3) is 4.89. The Labute approximate surface area is 158 Å². The predicted octanol–water partition coefficient (Wildman–Crippen LogP) is 3.53. The second-order valence-corrected chi connectivity index (χ2v) is 7.98. The normalized spacial score (nSPS) is 12.3. The number of halogens is 1. The molecule has 0 aliphatic rings. The summed E-state index contributed by atoms with van der Waals surface area (Å²) in [6.07, 6.45) is 1.37. The standard InChI is InChI=1S/C18H21ClN2O4S/c1-4-17(18(22)20-14-6-5-7-16(12-14)25-2)21(26(3,23)24)15-10-8-13(19)9-11-15/h5-12,17H,4H2,1-3H3,(H,20,22). The third-order valence-electron chi connectivity index (χ3n) is 3.75. The molecule has 140 valence electrons. The Hall–Kier alpha value is -2.25. The highest BCUT2D eigenvalue weighted by Crippen LogP contribution is 2.25. The number of carbonyl (C=O) groups excluding carboxylic acids is 1. The fraction of sp³-hybridized carbons (Fsp3) is 0.278. The Morgan fingerprint density at radius 3 is 2.42 bits per heavy atom. The number of benzene rings is 2. The lowest BCUT2D eigenvalue weighted by Crippen LogP contribution is -2.46. The first-order valence-corrected chi connectivity index (χ1v) is 10.2. The molecule has 1 amide bonds. The molecule has 0 aromatic heterocycles. The van der Waals surface area contributed by atoms with Crippen LogP contribution in [-0.4, -0.2) is 33.7 Å². The molecule has 0 spiro atoms. The molecular formula is C18H21ClN2O4S. The lowest BCUT2D eigenvalue weighted by molar-refractivity contribution is -0.117. The van der Waals surface area contributed by atoms with Gasteiger partial charge in [-0.3, -0.25) is 9.10 Å². The van der Waals surface area contributed by atoms with Gasteiger partial charge in [0.15, 0.2) is 0 Å². The molecule has 1 atom stereocenters. The van der Waals surface area contributed by atoms with Crippen molar-refractivity contribution in [3.8, 4) is 5.75 Å². The Balaban J connectivity index is 2.34. The average Bonchev–Trinajstić information content (AvgIpc) is 2.59. The lowest BCUT2D eigenvalue weighted by atomic mass is 10.1. The van der Waals surface area contributed by atoms with Crippen molar-refractivity contribution in [3.63, 3.8) is 0 Å². The summed E-state index contributed by atoms with van der Waals surface area (Å²) in [7, 11) is -2.16. The van der Waals surface area contributed by atoms with Crippen LogP contribution in [0.1, 0.15) is 13.3 Å². The molecule has 8 heteroatoms. The number of amides is 1. The van der Waals surface area contributed by atoms with E-state index in [1.165, 1.54) is 7.11 Å². The Morgan fingerprint density at radius 2 is 1.88 bits per heavy atom. The molecule has 0 saturated carbocycles. The highest BCUT2D eigenvalue weighted by molar-refractivity contribution is 7.92. The molecule has 0 radical (unpaired) electrons. The van der Waals surface area contributed by atoms with Crippen molar-refractivity contribution in [2.45, 2.75) is 19.4 Å². The Morgan fingerprint density at radius 1 is 1.23 bits per heavy atom. The predicted molar refractivity (Wildman–Crippen MR) is 104 cm³/mol. The first-order chi connectivity index (χ1) is 12.3. The van der Waals surface area contributed by atoms with Crippen LogP contribution in [-0.2, 0) is 14.8 Å². The molecule has 2 aromatic carbocycles. The van der Waals surface area contributed by atoms with Gasteiger partial charge < -0.3 is 10.1 Å². The van der Waals surface area contributed by atoms with E-state index in [4.69, 9.17) is 16.3 Å². The first-order valence-electron chi connectivity index (χ1n) is 7.96. The van der Waals surface area contributed by atoms with Crippen molar-refractivity contribution in [1.29, 1.82) is 0 Å². The second-order valence-electron chi connectivity index (χ2n) is 5.68. The fourth-order valence-corrected chi connectivity index (χ4v) is 3.91. The number of sulfonamides is 1. The van der Waals surface area contributed by atoms with E-state index in [1.807, 2.05) is 0 Å². The number of carbonyl (C=O) groups is 1. The zero-order valence-electron chi connectivity index (χ0n) is 14.8. The summed E-state index contributed by atoms with van der Waals surface area (Å²) in [5.41, 5.74) is 0.905. The van der Waals surface area contributed by atoms with Crippen LogP contribution in [0.4, 0.5) is 11.4 Å². The van der Waals surface area contributed by atoms with Crippen molar-refractivity contribution in [1.82, 2.24) is 0 Å². The summed E-state index contributed by atoms with van der Waals surface area (Å²) in [5.74, 6) is 0.162. The van der Waals surface area contributed by atoms with Gasteiger partial charge in [0.05, 0.1) is 19.1 Å². The summed E-state index contributed by atoms with van der Waals surface area (Å²) in [5, 5.41) is 3.23. The van der Waals surface area contributed by atoms with Crippen LogP contribution in [0, 0.1) is 0 Å². The van der Waals surface area contributed by atoms with E-state index in [1.54, 1.807) is 55.5 Å². The van der Waals surface area contributed by atoms with E-state index in [-0.39, 0.29) is 0 Å². The van der Waals surface area contributed by atoms with Gasteiger partial charge in [-0.2, -0.15) is 0 Å². The highest BCUT2D eigenvalue weighted by atomic mass is 35.5. The third-order valence-corrected chi connectivity index (χ3v) is 5.18. The molecule has 2 aromatic rings. The van der Waals surface area contributed by atoms with Crippen LogP contribution in [0.5, 0.6) is 5.75 Å². The summed E-state index contributed by atoms with van der Waals surface area (Å²) in [6, 6.07) is 12.3. The molecule has 0 saturated heterocycles. The zero-order valence-corrected chi connectivity index (χ0v) is 16.3. The number of nitrogens with one attached hydrogen (secondary N) is 1. The number of hydrogen-bond donors (Lipinski definition) is 1. The molecule has 6 nitrogen and oxygen atoms in total. The monoisotopic (exact) mass is 396 g/mol. The van der Waals surface area contributed by atoms with Crippen molar-refractivity contribution in [2.75, 3.05) is 23.0 Å². The lowest BCUT2D eigenvalue weighted by Gasteiger charge is -2.30. The van der Waals surface area contributed by atoms with Crippen molar-refractivity contribution < 1.29 is 17.9 Å². The second kappa shape index (κ2) is 8.42. The van der Waals surface area contributed by atoms with Gasteiger partial charge in [-0.1, -0.05) is 24.6 Å². The molecule has 2 rings (SSSR count). The number of nitrogens with zero attached hydrogens (tertiary/aromatic N) is 1. The van der Waals surface area contributed by atoms with Crippen molar-refractivity contribution in [2.24, 2.45) is 0 Å².